The second-order valence-electron chi connectivity index (χ2n) is 4.80. The maximum Gasteiger partial charge on any atom is 0.341 e. The fourth-order valence-corrected chi connectivity index (χ4v) is 2.77. The van der Waals surface area contributed by atoms with Gasteiger partial charge in [0.05, 0.1) is 6.20 Å². The summed E-state index contributed by atoms with van der Waals surface area (Å²) in [7, 11) is 0. The van der Waals surface area contributed by atoms with Crippen LogP contribution >= 0.6 is 0 Å². The molecular weight excluding hydrogens is 230 g/mol. The van der Waals surface area contributed by atoms with E-state index < -0.39 is 5.97 Å². The van der Waals surface area contributed by atoms with Gasteiger partial charge in [-0.1, -0.05) is 19.3 Å². The summed E-state index contributed by atoms with van der Waals surface area (Å²) in [6, 6.07) is 1.96. The Hall–Kier alpha value is -1.91. The predicted octanol–water partition coefficient (Wildman–Crippen LogP) is 2.48. The van der Waals surface area contributed by atoms with Gasteiger partial charge in [0.1, 0.15) is 5.56 Å². The van der Waals surface area contributed by atoms with Crippen molar-refractivity contribution < 1.29 is 9.90 Å². The van der Waals surface area contributed by atoms with E-state index in [-0.39, 0.29) is 5.56 Å². The van der Waals surface area contributed by atoms with Gasteiger partial charge in [0.15, 0.2) is 5.65 Å². The van der Waals surface area contributed by atoms with Crippen LogP contribution in [0.15, 0.2) is 18.5 Å². The zero-order valence-electron chi connectivity index (χ0n) is 10.0. The van der Waals surface area contributed by atoms with Gasteiger partial charge in [-0.15, -0.1) is 0 Å². The second kappa shape index (κ2) is 4.40. The molecule has 2 aromatic rings. The normalized spacial score (nSPS) is 17.1. The van der Waals surface area contributed by atoms with Crippen molar-refractivity contribution in [1.82, 2.24) is 14.6 Å². The molecule has 1 fully saturated rings. The van der Waals surface area contributed by atoms with Crippen LogP contribution in [0.2, 0.25) is 0 Å². The van der Waals surface area contributed by atoms with Crippen molar-refractivity contribution in [3.8, 4) is 0 Å². The lowest BCUT2D eigenvalue weighted by Gasteiger charge is -2.22. The summed E-state index contributed by atoms with van der Waals surface area (Å²) in [5.74, 6) is -0.496. The second-order valence-corrected chi connectivity index (χ2v) is 4.80. The summed E-state index contributed by atoms with van der Waals surface area (Å²) >= 11 is 0. The Morgan fingerprint density at radius 2 is 2.11 bits per heavy atom. The van der Waals surface area contributed by atoms with Gasteiger partial charge in [-0.05, 0) is 18.9 Å². The van der Waals surface area contributed by atoms with Crippen LogP contribution in [-0.2, 0) is 0 Å². The SMILES string of the molecule is O=C(O)c1cnn2c(C3CCCCC3)ccnc12. The van der Waals surface area contributed by atoms with E-state index in [9.17, 15) is 4.79 Å². The van der Waals surface area contributed by atoms with Crippen molar-refractivity contribution in [3.63, 3.8) is 0 Å². The minimum atomic E-state index is -0.974. The molecule has 2 heterocycles. The van der Waals surface area contributed by atoms with Crippen LogP contribution in [-0.4, -0.2) is 25.7 Å². The van der Waals surface area contributed by atoms with E-state index in [4.69, 9.17) is 5.11 Å². The summed E-state index contributed by atoms with van der Waals surface area (Å²) in [4.78, 5) is 15.2. The average molecular weight is 245 g/mol. The van der Waals surface area contributed by atoms with Crippen LogP contribution in [0, 0.1) is 0 Å². The summed E-state index contributed by atoms with van der Waals surface area (Å²) in [5, 5.41) is 13.3. The van der Waals surface area contributed by atoms with Crippen LogP contribution in [0.4, 0.5) is 0 Å². The van der Waals surface area contributed by atoms with Crippen molar-refractivity contribution in [1.29, 1.82) is 0 Å². The Morgan fingerprint density at radius 3 is 2.83 bits per heavy atom. The fraction of sp³-hybridized carbons (Fsp3) is 0.462. The maximum atomic E-state index is 11.1. The van der Waals surface area contributed by atoms with Crippen LogP contribution in [0.5, 0.6) is 0 Å². The Kier molecular flexibility index (Phi) is 2.74. The number of aromatic nitrogens is 3. The van der Waals surface area contributed by atoms with Gasteiger partial charge in [0, 0.05) is 17.8 Å². The van der Waals surface area contributed by atoms with Gasteiger partial charge in [0.25, 0.3) is 0 Å². The smallest absolute Gasteiger partial charge is 0.341 e. The first-order valence-electron chi connectivity index (χ1n) is 6.33. The third-order valence-corrected chi connectivity index (χ3v) is 3.68. The molecule has 2 aromatic heterocycles. The van der Waals surface area contributed by atoms with Crippen LogP contribution in [0.1, 0.15) is 54.1 Å². The lowest BCUT2D eigenvalue weighted by Crippen LogP contribution is -2.10. The Balaban J connectivity index is 2.09. The quantitative estimate of drug-likeness (QED) is 0.882. The third-order valence-electron chi connectivity index (χ3n) is 3.68. The van der Waals surface area contributed by atoms with E-state index in [1.54, 1.807) is 10.7 Å². The van der Waals surface area contributed by atoms with E-state index in [0.29, 0.717) is 11.6 Å². The van der Waals surface area contributed by atoms with E-state index in [1.807, 2.05) is 6.07 Å². The minimum absolute atomic E-state index is 0.174. The largest absolute Gasteiger partial charge is 0.477 e. The molecule has 0 radical (unpaired) electrons. The summed E-state index contributed by atoms with van der Waals surface area (Å²) in [6.45, 7) is 0. The van der Waals surface area contributed by atoms with E-state index >= 15 is 0 Å². The van der Waals surface area contributed by atoms with Gasteiger partial charge in [-0.25, -0.2) is 14.3 Å². The van der Waals surface area contributed by atoms with Crippen molar-refractivity contribution in [2.45, 2.75) is 38.0 Å². The summed E-state index contributed by atoms with van der Waals surface area (Å²) < 4.78 is 1.69. The number of fused-ring (bicyclic) bond motifs is 1. The monoisotopic (exact) mass is 245 g/mol. The zero-order chi connectivity index (χ0) is 12.5. The summed E-state index contributed by atoms with van der Waals surface area (Å²) in [6.07, 6.45) is 9.15. The van der Waals surface area contributed by atoms with E-state index in [1.165, 1.54) is 25.5 Å². The third kappa shape index (κ3) is 1.75. The fourth-order valence-electron chi connectivity index (χ4n) is 2.77. The first-order chi connectivity index (χ1) is 8.77. The number of hydrogen-bond donors (Lipinski definition) is 1. The highest BCUT2D eigenvalue weighted by Gasteiger charge is 2.21. The topological polar surface area (TPSA) is 67.5 Å². The Labute approximate surface area is 104 Å². The van der Waals surface area contributed by atoms with Gasteiger partial charge in [0.2, 0.25) is 0 Å². The van der Waals surface area contributed by atoms with Gasteiger partial charge in [-0.2, -0.15) is 5.10 Å². The highest BCUT2D eigenvalue weighted by atomic mass is 16.4. The molecule has 1 saturated carbocycles. The van der Waals surface area contributed by atoms with Crippen LogP contribution in [0.3, 0.4) is 0 Å². The van der Waals surface area contributed by atoms with Crippen molar-refractivity contribution in [2.75, 3.05) is 0 Å². The lowest BCUT2D eigenvalue weighted by atomic mass is 9.87. The molecule has 0 amide bonds. The Bertz CT molecular complexity index is 585. The predicted molar refractivity (Wildman–Crippen MR) is 65.8 cm³/mol. The molecule has 1 aliphatic carbocycles. The van der Waals surface area contributed by atoms with Crippen LogP contribution < -0.4 is 0 Å². The highest BCUT2D eigenvalue weighted by Crippen LogP contribution is 2.32. The van der Waals surface area contributed by atoms with E-state index in [2.05, 4.69) is 10.1 Å². The molecule has 18 heavy (non-hydrogen) atoms. The number of carbonyl (C=O) groups is 1. The van der Waals surface area contributed by atoms with Gasteiger partial charge < -0.3 is 5.11 Å². The highest BCUT2D eigenvalue weighted by molar-refractivity contribution is 5.94. The van der Waals surface area contributed by atoms with Crippen molar-refractivity contribution in [2.24, 2.45) is 0 Å². The number of carboxylic acid groups (broad SMARTS) is 1. The summed E-state index contributed by atoms with van der Waals surface area (Å²) in [5.41, 5.74) is 1.71. The maximum absolute atomic E-state index is 11.1. The van der Waals surface area contributed by atoms with E-state index in [0.717, 1.165) is 18.5 Å². The molecule has 94 valence electrons. The van der Waals surface area contributed by atoms with Gasteiger partial charge in [-0.3, -0.25) is 0 Å². The first-order valence-corrected chi connectivity index (χ1v) is 6.33. The van der Waals surface area contributed by atoms with Crippen LogP contribution in [0.25, 0.3) is 5.65 Å². The van der Waals surface area contributed by atoms with Crippen molar-refractivity contribution in [3.05, 3.63) is 29.7 Å². The number of carboxylic acids is 1. The molecule has 0 atom stereocenters. The number of aromatic carboxylic acids is 1. The molecule has 5 nitrogen and oxygen atoms in total. The number of rotatable bonds is 2. The molecule has 0 aromatic carbocycles. The Morgan fingerprint density at radius 1 is 1.33 bits per heavy atom. The molecular formula is C13H15N3O2. The zero-order valence-corrected chi connectivity index (χ0v) is 10.0. The molecule has 0 bridgehead atoms. The minimum Gasteiger partial charge on any atom is -0.477 e. The molecule has 5 heteroatoms. The number of nitrogens with zero attached hydrogens (tertiary/aromatic N) is 3. The molecule has 1 aliphatic rings. The van der Waals surface area contributed by atoms with Gasteiger partial charge >= 0.3 is 5.97 Å². The lowest BCUT2D eigenvalue weighted by molar-refractivity contribution is 0.0699. The molecule has 0 aliphatic heterocycles. The standard InChI is InChI=1S/C13H15N3O2/c17-13(18)10-8-15-16-11(6-7-14-12(10)16)9-4-2-1-3-5-9/h6-9H,1-5H2,(H,17,18). The molecule has 1 N–H and O–H groups in total. The molecule has 0 unspecified atom stereocenters. The van der Waals surface area contributed by atoms with Crippen molar-refractivity contribution >= 4 is 11.6 Å². The molecule has 0 saturated heterocycles. The number of hydrogen-bond acceptors (Lipinski definition) is 3. The molecule has 0 spiro atoms. The first kappa shape index (κ1) is 11.2. The average Bonchev–Trinajstić information content (AvgIpc) is 2.83. The molecule has 3 rings (SSSR count).